The van der Waals surface area contributed by atoms with E-state index in [9.17, 15) is 4.79 Å². The number of hydrogen-bond acceptors (Lipinski definition) is 4. The fourth-order valence-electron chi connectivity index (χ4n) is 4.45. The van der Waals surface area contributed by atoms with Crippen molar-refractivity contribution in [2.45, 2.75) is 50.1 Å². The minimum absolute atomic E-state index is 0.0558. The van der Waals surface area contributed by atoms with Gasteiger partial charge in [0.15, 0.2) is 5.16 Å². The summed E-state index contributed by atoms with van der Waals surface area (Å²) in [6.45, 7) is 3.37. The van der Waals surface area contributed by atoms with Crippen molar-refractivity contribution >= 4 is 11.8 Å². The van der Waals surface area contributed by atoms with E-state index in [1.165, 1.54) is 31.2 Å². The second kappa shape index (κ2) is 7.97. The van der Waals surface area contributed by atoms with Gasteiger partial charge in [-0.1, -0.05) is 48.9 Å². The van der Waals surface area contributed by atoms with Crippen LogP contribution in [-0.4, -0.2) is 28.9 Å². The summed E-state index contributed by atoms with van der Waals surface area (Å²) in [7, 11) is 0. The first-order valence-electron chi connectivity index (χ1n) is 9.71. The minimum Gasteiger partial charge on any atom is -0.381 e. The van der Waals surface area contributed by atoms with Gasteiger partial charge >= 0.3 is 0 Å². The van der Waals surface area contributed by atoms with E-state index in [-0.39, 0.29) is 5.56 Å². The SMILES string of the molecule is CCOCCSc1nc2c(c(=O)[nH]1)[C@@H](C1CCCC1)Cc1ccccc1-2. The molecule has 0 amide bonds. The van der Waals surface area contributed by atoms with E-state index >= 15 is 0 Å². The smallest absolute Gasteiger partial charge is 0.255 e. The maximum Gasteiger partial charge on any atom is 0.255 e. The predicted octanol–water partition coefficient (Wildman–Crippen LogP) is 4.40. The van der Waals surface area contributed by atoms with Crippen LogP contribution in [0.15, 0.2) is 34.2 Å². The number of aromatic nitrogens is 2. The van der Waals surface area contributed by atoms with E-state index in [0.717, 1.165) is 29.0 Å². The largest absolute Gasteiger partial charge is 0.381 e. The van der Waals surface area contributed by atoms with Crippen molar-refractivity contribution in [2.75, 3.05) is 19.0 Å². The third-order valence-corrected chi connectivity index (χ3v) is 6.49. The molecule has 0 bridgehead atoms. The van der Waals surface area contributed by atoms with Gasteiger partial charge in [-0.05, 0) is 43.6 Å². The first-order chi connectivity index (χ1) is 12.8. The van der Waals surface area contributed by atoms with Gasteiger partial charge in [-0.2, -0.15) is 0 Å². The van der Waals surface area contributed by atoms with E-state index in [1.807, 2.05) is 13.0 Å². The van der Waals surface area contributed by atoms with Crippen LogP contribution in [-0.2, 0) is 11.2 Å². The van der Waals surface area contributed by atoms with Crippen LogP contribution in [0.2, 0.25) is 0 Å². The zero-order chi connectivity index (χ0) is 17.9. The number of benzene rings is 1. The van der Waals surface area contributed by atoms with Gasteiger partial charge in [0.1, 0.15) is 0 Å². The highest BCUT2D eigenvalue weighted by molar-refractivity contribution is 7.99. The van der Waals surface area contributed by atoms with E-state index in [4.69, 9.17) is 9.72 Å². The molecule has 1 saturated carbocycles. The summed E-state index contributed by atoms with van der Waals surface area (Å²) in [5, 5.41) is 0.704. The van der Waals surface area contributed by atoms with E-state index in [0.29, 0.717) is 30.2 Å². The third-order valence-electron chi connectivity index (χ3n) is 5.66. The molecule has 1 aromatic heterocycles. The molecule has 1 N–H and O–H groups in total. The first kappa shape index (κ1) is 17.8. The molecule has 26 heavy (non-hydrogen) atoms. The van der Waals surface area contributed by atoms with Gasteiger partial charge in [0, 0.05) is 23.5 Å². The molecule has 1 atom stereocenters. The first-order valence-corrected chi connectivity index (χ1v) is 10.7. The van der Waals surface area contributed by atoms with Crippen LogP contribution in [0.5, 0.6) is 0 Å². The summed E-state index contributed by atoms with van der Waals surface area (Å²) in [4.78, 5) is 20.9. The highest BCUT2D eigenvalue weighted by atomic mass is 32.2. The molecule has 1 fully saturated rings. The van der Waals surface area contributed by atoms with Crippen LogP contribution < -0.4 is 5.56 Å². The summed E-state index contributed by atoms with van der Waals surface area (Å²) < 4.78 is 5.40. The van der Waals surface area contributed by atoms with Gasteiger partial charge in [0.25, 0.3) is 5.56 Å². The normalized spacial score (nSPS) is 19.3. The van der Waals surface area contributed by atoms with E-state index < -0.39 is 0 Å². The number of hydrogen-bond donors (Lipinski definition) is 1. The summed E-state index contributed by atoms with van der Waals surface area (Å²) in [5.74, 6) is 1.71. The van der Waals surface area contributed by atoms with Gasteiger partial charge < -0.3 is 9.72 Å². The molecule has 1 aromatic carbocycles. The Bertz CT molecular complexity index is 827. The Balaban J connectivity index is 1.72. The molecular formula is C21H26N2O2S. The number of nitrogens with zero attached hydrogens (tertiary/aromatic N) is 1. The van der Waals surface area contributed by atoms with E-state index in [2.05, 4.69) is 23.2 Å². The lowest BCUT2D eigenvalue weighted by atomic mass is 9.74. The zero-order valence-electron chi connectivity index (χ0n) is 15.3. The molecule has 0 radical (unpaired) electrons. The summed E-state index contributed by atoms with van der Waals surface area (Å²) in [6, 6.07) is 8.45. The Morgan fingerprint density at radius 2 is 2.08 bits per heavy atom. The maximum atomic E-state index is 13.0. The number of thioether (sulfide) groups is 1. The molecule has 0 spiro atoms. The fraction of sp³-hybridized carbons (Fsp3) is 0.524. The molecule has 0 aliphatic heterocycles. The molecule has 4 rings (SSSR count). The van der Waals surface area contributed by atoms with Gasteiger partial charge in [-0.25, -0.2) is 4.98 Å². The Labute approximate surface area is 158 Å². The van der Waals surface area contributed by atoms with Crippen LogP contribution in [0.1, 0.15) is 49.7 Å². The monoisotopic (exact) mass is 370 g/mol. The molecule has 4 nitrogen and oxygen atoms in total. The lowest BCUT2D eigenvalue weighted by molar-refractivity contribution is 0.164. The molecule has 1 heterocycles. The lowest BCUT2D eigenvalue weighted by Crippen LogP contribution is -2.28. The Kier molecular flexibility index (Phi) is 5.46. The van der Waals surface area contributed by atoms with Crippen molar-refractivity contribution in [2.24, 2.45) is 5.92 Å². The summed E-state index contributed by atoms with van der Waals surface area (Å²) in [6.07, 6.45) is 6.01. The molecule has 0 unspecified atom stereocenters. The summed E-state index contributed by atoms with van der Waals surface area (Å²) in [5.41, 5.74) is 4.35. The topological polar surface area (TPSA) is 55.0 Å². The number of ether oxygens (including phenoxy) is 1. The average Bonchev–Trinajstić information content (AvgIpc) is 3.19. The zero-order valence-corrected chi connectivity index (χ0v) is 16.1. The number of fused-ring (bicyclic) bond motifs is 3. The van der Waals surface area contributed by atoms with E-state index in [1.54, 1.807) is 11.8 Å². The van der Waals surface area contributed by atoms with Gasteiger partial charge in [0.05, 0.1) is 12.3 Å². The summed E-state index contributed by atoms with van der Waals surface area (Å²) >= 11 is 1.56. The van der Waals surface area contributed by atoms with Crippen LogP contribution in [0.25, 0.3) is 11.3 Å². The number of aromatic amines is 1. The Morgan fingerprint density at radius 3 is 2.88 bits per heavy atom. The second-order valence-corrected chi connectivity index (χ2v) is 8.27. The number of rotatable bonds is 6. The van der Waals surface area contributed by atoms with Gasteiger partial charge in [0.2, 0.25) is 0 Å². The predicted molar refractivity (Wildman–Crippen MR) is 106 cm³/mol. The molecule has 2 aliphatic carbocycles. The minimum atomic E-state index is 0.0558. The molecule has 5 heteroatoms. The molecule has 138 valence electrons. The standard InChI is InChI=1S/C21H26N2O2S/c1-2-25-11-12-26-21-22-19-16-10-6-5-9-15(16)13-17(14-7-3-4-8-14)18(19)20(24)23-21/h5-6,9-10,14,17H,2-4,7-8,11-13H2,1H3,(H,22,23,24)/t17-/m1/s1. The molecule has 2 aliphatic rings. The highest BCUT2D eigenvalue weighted by Gasteiger charge is 2.35. The lowest BCUT2D eigenvalue weighted by Gasteiger charge is -2.30. The molecular weight excluding hydrogens is 344 g/mol. The van der Waals surface area contributed by atoms with Crippen LogP contribution in [0.4, 0.5) is 0 Å². The number of nitrogens with one attached hydrogen (secondary N) is 1. The highest BCUT2D eigenvalue weighted by Crippen LogP contribution is 2.45. The van der Waals surface area contributed by atoms with Crippen LogP contribution >= 0.6 is 11.8 Å². The quantitative estimate of drug-likeness (QED) is 0.465. The molecule has 2 aromatic rings. The van der Waals surface area contributed by atoms with Crippen molar-refractivity contribution in [3.63, 3.8) is 0 Å². The van der Waals surface area contributed by atoms with Gasteiger partial charge in [-0.3, -0.25) is 4.79 Å². The van der Waals surface area contributed by atoms with Crippen molar-refractivity contribution in [3.05, 3.63) is 45.7 Å². The maximum absolute atomic E-state index is 13.0. The van der Waals surface area contributed by atoms with Crippen molar-refractivity contribution in [3.8, 4) is 11.3 Å². The molecule has 0 saturated heterocycles. The fourth-order valence-corrected chi connectivity index (χ4v) is 5.17. The second-order valence-electron chi connectivity index (χ2n) is 7.19. The average molecular weight is 371 g/mol. The number of H-pyrrole nitrogens is 1. The van der Waals surface area contributed by atoms with Gasteiger partial charge in [-0.15, -0.1) is 0 Å². The Hall–Kier alpha value is -1.59. The van der Waals surface area contributed by atoms with Crippen molar-refractivity contribution in [1.82, 2.24) is 9.97 Å². The van der Waals surface area contributed by atoms with Crippen molar-refractivity contribution < 1.29 is 4.74 Å². The van der Waals surface area contributed by atoms with Crippen LogP contribution in [0.3, 0.4) is 0 Å². The third kappa shape index (κ3) is 3.47. The van der Waals surface area contributed by atoms with Crippen molar-refractivity contribution in [1.29, 1.82) is 0 Å². The Morgan fingerprint density at radius 1 is 1.27 bits per heavy atom. The van der Waals surface area contributed by atoms with Crippen LogP contribution in [0, 0.1) is 5.92 Å².